The number of nitrogens with zero attached hydrogens (tertiary/aromatic N) is 3. The molecule has 2 fully saturated rings. The Balaban J connectivity index is 1.20. The third-order valence-electron chi connectivity index (χ3n) is 7.39. The lowest BCUT2D eigenvalue weighted by molar-refractivity contribution is -0.137. The SMILES string of the molecule is Cc1c(CN2CCN(C(=O)C3CCCC3)CC2)cccc1Nc1nc2c(s1)CCCC2O. The molecule has 0 radical (unpaired) electrons. The molecule has 2 aliphatic carbocycles. The quantitative estimate of drug-likeness (QED) is 0.701. The van der Waals surface area contributed by atoms with E-state index in [9.17, 15) is 9.90 Å². The smallest absolute Gasteiger partial charge is 0.225 e. The molecule has 1 aromatic heterocycles. The summed E-state index contributed by atoms with van der Waals surface area (Å²) in [5.74, 6) is 0.671. The van der Waals surface area contributed by atoms with Gasteiger partial charge < -0.3 is 15.3 Å². The number of amides is 1. The number of carbonyl (C=O) groups is 1. The molecule has 1 saturated carbocycles. The van der Waals surface area contributed by atoms with Crippen molar-refractivity contribution in [2.45, 2.75) is 64.5 Å². The van der Waals surface area contributed by atoms with Gasteiger partial charge in [-0.1, -0.05) is 25.0 Å². The molecule has 172 valence electrons. The summed E-state index contributed by atoms with van der Waals surface area (Å²) in [4.78, 5) is 23.2. The lowest BCUT2D eigenvalue weighted by atomic mass is 10.0. The van der Waals surface area contributed by atoms with Crippen LogP contribution in [0.2, 0.25) is 0 Å². The van der Waals surface area contributed by atoms with Crippen molar-refractivity contribution >= 4 is 28.1 Å². The number of hydrogen-bond acceptors (Lipinski definition) is 6. The number of aliphatic hydroxyl groups excluding tert-OH is 1. The van der Waals surface area contributed by atoms with Crippen molar-refractivity contribution in [1.82, 2.24) is 14.8 Å². The molecular formula is C25H34N4O2S. The first-order chi connectivity index (χ1) is 15.6. The molecule has 3 aliphatic rings. The first-order valence-corrected chi connectivity index (χ1v) is 12.9. The Bertz CT molecular complexity index is 961. The van der Waals surface area contributed by atoms with Crippen molar-refractivity contribution in [2.75, 3.05) is 31.5 Å². The fourth-order valence-corrected chi connectivity index (χ4v) is 6.42. The monoisotopic (exact) mass is 454 g/mol. The van der Waals surface area contributed by atoms with Gasteiger partial charge >= 0.3 is 0 Å². The number of aliphatic hydroxyl groups is 1. The largest absolute Gasteiger partial charge is 0.387 e. The predicted molar refractivity (Wildman–Crippen MR) is 128 cm³/mol. The standard InChI is InChI=1S/C25H34N4O2S/c1-17-19(16-28-12-14-29(15-13-28)24(31)18-6-2-3-7-18)8-4-9-20(17)26-25-27-23-21(30)10-5-11-22(23)32-25/h4,8-9,18,21,30H,2-3,5-7,10-16H2,1H3,(H,26,27). The van der Waals surface area contributed by atoms with Gasteiger partial charge in [-0.05, 0) is 56.2 Å². The van der Waals surface area contributed by atoms with E-state index in [1.165, 1.54) is 28.8 Å². The lowest BCUT2D eigenvalue weighted by Gasteiger charge is -2.36. The Labute approximate surface area is 194 Å². The molecule has 6 nitrogen and oxygen atoms in total. The Morgan fingerprint density at radius 3 is 2.69 bits per heavy atom. The molecule has 1 unspecified atom stereocenters. The number of hydrogen-bond donors (Lipinski definition) is 2. The molecule has 1 saturated heterocycles. The molecule has 2 heterocycles. The Kier molecular flexibility index (Phi) is 6.49. The number of piperazine rings is 1. The molecule has 1 amide bonds. The van der Waals surface area contributed by atoms with Crippen molar-refractivity contribution in [1.29, 1.82) is 0 Å². The van der Waals surface area contributed by atoms with E-state index in [0.717, 1.165) is 81.3 Å². The van der Waals surface area contributed by atoms with Crippen LogP contribution in [0, 0.1) is 12.8 Å². The molecule has 7 heteroatoms. The van der Waals surface area contributed by atoms with Crippen LogP contribution in [0.4, 0.5) is 10.8 Å². The van der Waals surface area contributed by atoms with Crippen molar-refractivity contribution in [2.24, 2.45) is 5.92 Å². The Morgan fingerprint density at radius 2 is 1.94 bits per heavy atom. The fraction of sp³-hybridized carbons (Fsp3) is 0.600. The maximum atomic E-state index is 12.7. The van der Waals surface area contributed by atoms with Crippen molar-refractivity contribution < 1.29 is 9.90 Å². The van der Waals surface area contributed by atoms with Gasteiger partial charge in [0.15, 0.2) is 5.13 Å². The van der Waals surface area contributed by atoms with E-state index in [2.05, 4.69) is 45.2 Å². The first-order valence-electron chi connectivity index (χ1n) is 12.1. The van der Waals surface area contributed by atoms with Gasteiger partial charge in [0.1, 0.15) is 0 Å². The zero-order chi connectivity index (χ0) is 22.1. The average molecular weight is 455 g/mol. The summed E-state index contributed by atoms with van der Waals surface area (Å²) in [6.45, 7) is 6.64. The number of thiazole rings is 1. The molecule has 0 spiro atoms. The molecule has 1 atom stereocenters. The van der Waals surface area contributed by atoms with Crippen LogP contribution < -0.4 is 5.32 Å². The van der Waals surface area contributed by atoms with Crippen LogP contribution in [0.5, 0.6) is 0 Å². The van der Waals surface area contributed by atoms with Gasteiger partial charge in [0.2, 0.25) is 5.91 Å². The van der Waals surface area contributed by atoms with E-state index >= 15 is 0 Å². The van der Waals surface area contributed by atoms with E-state index < -0.39 is 6.10 Å². The second-order valence-corrected chi connectivity index (χ2v) is 10.6. The van der Waals surface area contributed by atoms with Gasteiger partial charge in [-0.25, -0.2) is 4.98 Å². The molecule has 0 bridgehead atoms. The highest BCUT2D eigenvalue weighted by Crippen LogP contribution is 2.37. The van der Waals surface area contributed by atoms with E-state index in [0.29, 0.717) is 5.91 Å². The number of anilines is 2. The number of benzene rings is 1. The van der Waals surface area contributed by atoms with E-state index in [1.54, 1.807) is 11.3 Å². The van der Waals surface area contributed by atoms with Crippen LogP contribution in [0.1, 0.15) is 66.3 Å². The van der Waals surface area contributed by atoms with Crippen LogP contribution >= 0.6 is 11.3 Å². The van der Waals surface area contributed by atoms with Crippen molar-refractivity contribution in [3.8, 4) is 0 Å². The molecule has 1 aromatic carbocycles. The van der Waals surface area contributed by atoms with E-state index in [4.69, 9.17) is 0 Å². The first kappa shape index (κ1) is 21.9. The molecule has 1 aliphatic heterocycles. The van der Waals surface area contributed by atoms with Crippen LogP contribution in [0.25, 0.3) is 0 Å². The van der Waals surface area contributed by atoms with Crippen molar-refractivity contribution in [3.05, 3.63) is 39.9 Å². The van der Waals surface area contributed by atoms with Crippen LogP contribution in [-0.2, 0) is 17.8 Å². The third kappa shape index (κ3) is 4.56. The second kappa shape index (κ2) is 9.49. The minimum Gasteiger partial charge on any atom is -0.387 e. The lowest BCUT2D eigenvalue weighted by Crippen LogP contribution is -2.49. The summed E-state index contributed by atoms with van der Waals surface area (Å²) in [6, 6.07) is 6.41. The highest BCUT2D eigenvalue weighted by molar-refractivity contribution is 7.15. The number of carbonyl (C=O) groups excluding carboxylic acids is 1. The minimum atomic E-state index is -0.419. The molecule has 32 heavy (non-hydrogen) atoms. The Hall–Kier alpha value is -1.96. The van der Waals surface area contributed by atoms with Gasteiger partial charge in [0.25, 0.3) is 0 Å². The maximum Gasteiger partial charge on any atom is 0.225 e. The predicted octanol–water partition coefficient (Wildman–Crippen LogP) is 4.40. The molecule has 5 rings (SSSR count). The highest BCUT2D eigenvalue weighted by Gasteiger charge is 2.29. The fourth-order valence-electron chi connectivity index (χ4n) is 5.35. The van der Waals surface area contributed by atoms with Crippen LogP contribution in [0.15, 0.2) is 18.2 Å². The summed E-state index contributed by atoms with van der Waals surface area (Å²) in [5, 5.41) is 14.6. The second-order valence-electron chi connectivity index (χ2n) is 9.53. The number of rotatable bonds is 5. The van der Waals surface area contributed by atoms with Crippen molar-refractivity contribution in [3.63, 3.8) is 0 Å². The number of fused-ring (bicyclic) bond motifs is 1. The van der Waals surface area contributed by atoms with E-state index in [-0.39, 0.29) is 5.92 Å². The molecule has 2 aromatic rings. The third-order valence-corrected chi connectivity index (χ3v) is 8.44. The van der Waals surface area contributed by atoms with Gasteiger partial charge in [-0.15, -0.1) is 11.3 Å². The zero-order valence-electron chi connectivity index (χ0n) is 19.0. The number of aryl methyl sites for hydroxylation is 1. The number of nitrogens with one attached hydrogen (secondary N) is 1. The average Bonchev–Trinajstić information content (AvgIpc) is 3.47. The Morgan fingerprint density at radius 1 is 1.16 bits per heavy atom. The minimum absolute atomic E-state index is 0.282. The summed E-state index contributed by atoms with van der Waals surface area (Å²) in [7, 11) is 0. The summed E-state index contributed by atoms with van der Waals surface area (Å²) < 4.78 is 0. The summed E-state index contributed by atoms with van der Waals surface area (Å²) in [6.07, 6.45) is 7.03. The van der Waals surface area contributed by atoms with E-state index in [1.807, 2.05) is 0 Å². The summed E-state index contributed by atoms with van der Waals surface area (Å²) >= 11 is 1.67. The summed E-state index contributed by atoms with van der Waals surface area (Å²) in [5.41, 5.74) is 4.50. The number of aromatic nitrogens is 1. The van der Waals surface area contributed by atoms with Gasteiger partial charge in [-0.3, -0.25) is 9.69 Å². The maximum absolute atomic E-state index is 12.7. The topological polar surface area (TPSA) is 68.7 Å². The molecular weight excluding hydrogens is 420 g/mol. The molecule has 2 N–H and O–H groups in total. The normalized spacial score (nSPS) is 22.2. The zero-order valence-corrected chi connectivity index (χ0v) is 19.8. The van der Waals surface area contributed by atoms with Gasteiger partial charge in [0, 0.05) is 49.2 Å². The van der Waals surface area contributed by atoms with Gasteiger partial charge in [0.05, 0.1) is 11.8 Å². The van der Waals surface area contributed by atoms with Crippen LogP contribution in [0.3, 0.4) is 0 Å². The highest BCUT2D eigenvalue weighted by atomic mass is 32.1. The van der Waals surface area contributed by atoms with Gasteiger partial charge in [-0.2, -0.15) is 0 Å². The van der Waals surface area contributed by atoms with Crippen LogP contribution in [-0.4, -0.2) is 52.0 Å².